The Morgan fingerprint density at radius 2 is 1.76 bits per heavy atom. The SMILES string of the molecule is CC(C)CN(CC(C)C)c1ccc(C(=O)O)s1. The van der Waals surface area contributed by atoms with Gasteiger partial charge in [0.2, 0.25) is 0 Å². The lowest BCUT2D eigenvalue weighted by Gasteiger charge is -2.26. The van der Waals surface area contributed by atoms with Crippen LogP contribution in [0, 0.1) is 11.8 Å². The van der Waals surface area contributed by atoms with E-state index in [2.05, 4.69) is 32.6 Å². The second-order valence-corrected chi connectivity index (χ2v) is 6.20. The van der Waals surface area contributed by atoms with Crippen molar-refractivity contribution in [3.8, 4) is 0 Å². The monoisotopic (exact) mass is 255 g/mol. The van der Waals surface area contributed by atoms with Gasteiger partial charge in [-0.1, -0.05) is 27.7 Å². The van der Waals surface area contributed by atoms with Crippen molar-refractivity contribution >= 4 is 22.3 Å². The van der Waals surface area contributed by atoms with E-state index in [1.807, 2.05) is 6.07 Å². The lowest BCUT2D eigenvalue weighted by atomic mass is 10.1. The fraction of sp³-hybridized carbons (Fsp3) is 0.615. The van der Waals surface area contributed by atoms with E-state index < -0.39 is 5.97 Å². The molecule has 1 rings (SSSR count). The van der Waals surface area contributed by atoms with Crippen LogP contribution in [0.25, 0.3) is 0 Å². The zero-order valence-corrected chi connectivity index (χ0v) is 11.8. The molecule has 0 aliphatic rings. The van der Waals surface area contributed by atoms with Gasteiger partial charge in [-0.3, -0.25) is 0 Å². The first-order chi connectivity index (χ1) is 7.90. The van der Waals surface area contributed by atoms with Gasteiger partial charge in [-0.05, 0) is 24.0 Å². The topological polar surface area (TPSA) is 40.5 Å². The van der Waals surface area contributed by atoms with E-state index in [-0.39, 0.29) is 0 Å². The molecule has 1 heterocycles. The molecule has 1 N–H and O–H groups in total. The van der Waals surface area contributed by atoms with Crippen molar-refractivity contribution in [3.63, 3.8) is 0 Å². The Balaban J connectivity index is 2.83. The summed E-state index contributed by atoms with van der Waals surface area (Å²) in [4.78, 5) is 13.6. The maximum Gasteiger partial charge on any atom is 0.345 e. The maximum absolute atomic E-state index is 10.9. The van der Waals surface area contributed by atoms with Crippen LogP contribution in [0.3, 0.4) is 0 Å². The Bertz CT molecular complexity index is 361. The van der Waals surface area contributed by atoms with Crippen molar-refractivity contribution in [2.45, 2.75) is 27.7 Å². The van der Waals surface area contributed by atoms with E-state index >= 15 is 0 Å². The maximum atomic E-state index is 10.9. The van der Waals surface area contributed by atoms with Crippen molar-refractivity contribution < 1.29 is 9.90 Å². The summed E-state index contributed by atoms with van der Waals surface area (Å²) < 4.78 is 0. The molecule has 0 atom stereocenters. The quantitative estimate of drug-likeness (QED) is 0.845. The number of aromatic carboxylic acids is 1. The molecule has 3 nitrogen and oxygen atoms in total. The third-order valence-corrected chi connectivity index (χ3v) is 3.42. The number of nitrogens with zero attached hydrogens (tertiary/aromatic N) is 1. The molecule has 1 aromatic heterocycles. The van der Waals surface area contributed by atoms with Gasteiger partial charge in [-0.25, -0.2) is 4.79 Å². The molecule has 0 aliphatic carbocycles. The van der Waals surface area contributed by atoms with Gasteiger partial charge in [-0.2, -0.15) is 0 Å². The van der Waals surface area contributed by atoms with E-state index in [9.17, 15) is 4.79 Å². The highest BCUT2D eigenvalue weighted by Crippen LogP contribution is 2.27. The molecule has 0 aromatic carbocycles. The lowest BCUT2D eigenvalue weighted by Crippen LogP contribution is -2.30. The third kappa shape index (κ3) is 4.38. The Morgan fingerprint density at radius 3 is 2.12 bits per heavy atom. The zero-order valence-electron chi connectivity index (χ0n) is 10.9. The molecule has 0 saturated carbocycles. The predicted octanol–water partition coefficient (Wildman–Crippen LogP) is 3.56. The number of anilines is 1. The molecule has 96 valence electrons. The van der Waals surface area contributed by atoms with Crippen LogP contribution < -0.4 is 4.90 Å². The Morgan fingerprint density at radius 1 is 1.24 bits per heavy atom. The highest BCUT2D eigenvalue weighted by molar-refractivity contribution is 7.17. The lowest BCUT2D eigenvalue weighted by molar-refractivity contribution is 0.0702. The van der Waals surface area contributed by atoms with Gasteiger partial charge in [0.1, 0.15) is 4.88 Å². The molecule has 0 unspecified atom stereocenters. The summed E-state index contributed by atoms with van der Waals surface area (Å²) in [6.45, 7) is 10.7. The molecule has 17 heavy (non-hydrogen) atoms. The van der Waals surface area contributed by atoms with E-state index in [0.717, 1.165) is 18.1 Å². The molecule has 0 amide bonds. The second-order valence-electron chi connectivity index (χ2n) is 5.14. The van der Waals surface area contributed by atoms with E-state index in [1.165, 1.54) is 11.3 Å². The van der Waals surface area contributed by atoms with Gasteiger partial charge in [-0.15, -0.1) is 11.3 Å². The minimum atomic E-state index is -0.838. The minimum absolute atomic E-state index is 0.414. The van der Waals surface area contributed by atoms with Crippen LogP contribution >= 0.6 is 11.3 Å². The summed E-state index contributed by atoms with van der Waals surface area (Å²) >= 11 is 1.36. The predicted molar refractivity (Wildman–Crippen MR) is 73.2 cm³/mol. The summed E-state index contributed by atoms with van der Waals surface area (Å²) in [5.41, 5.74) is 0. The van der Waals surface area contributed by atoms with Crippen LogP contribution in [-0.4, -0.2) is 24.2 Å². The average Bonchev–Trinajstić information content (AvgIpc) is 2.63. The Hall–Kier alpha value is -1.03. The van der Waals surface area contributed by atoms with Crippen molar-refractivity contribution in [2.75, 3.05) is 18.0 Å². The minimum Gasteiger partial charge on any atom is -0.477 e. The molecule has 4 heteroatoms. The number of rotatable bonds is 6. The standard InChI is InChI=1S/C13H21NO2S/c1-9(2)7-14(8-10(3)4)12-6-5-11(17-12)13(15)16/h5-6,9-10H,7-8H2,1-4H3,(H,15,16). The first kappa shape index (κ1) is 14.0. The van der Waals surface area contributed by atoms with Crippen LogP contribution in [0.1, 0.15) is 37.4 Å². The molecule has 0 saturated heterocycles. The van der Waals surface area contributed by atoms with Crippen molar-refractivity contribution in [1.82, 2.24) is 0 Å². The number of carboxylic acids is 1. The zero-order chi connectivity index (χ0) is 13.0. The molecule has 0 fully saturated rings. The van der Waals surface area contributed by atoms with Crippen LogP contribution in [-0.2, 0) is 0 Å². The molecule has 0 bridgehead atoms. The fourth-order valence-corrected chi connectivity index (χ4v) is 2.61. The van der Waals surface area contributed by atoms with Crippen molar-refractivity contribution in [1.29, 1.82) is 0 Å². The third-order valence-electron chi connectivity index (χ3n) is 2.29. The number of carbonyl (C=O) groups is 1. The van der Waals surface area contributed by atoms with Crippen LogP contribution in [0.4, 0.5) is 5.00 Å². The van der Waals surface area contributed by atoms with E-state index in [0.29, 0.717) is 16.7 Å². The second kappa shape index (κ2) is 6.05. The molecular formula is C13H21NO2S. The number of carboxylic acid groups (broad SMARTS) is 1. The summed E-state index contributed by atoms with van der Waals surface area (Å²) in [5, 5.41) is 10.00. The first-order valence-corrected chi connectivity index (χ1v) is 6.80. The molecule has 0 aliphatic heterocycles. The van der Waals surface area contributed by atoms with Gasteiger partial charge in [0.05, 0.1) is 5.00 Å². The highest BCUT2D eigenvalue weighted by atomic mass is 32.1. The molecule has 0 spiro atoms. The van der Waals surface area contributed by atoms with Gasteiger partial charge in [0.25, 0.3) is 0 Å². The number of hydrogen-bond acceptors (Lipinski definition) is 3. The first-order valence-electron chi connectivity index (χ1n) is 5.98. The van der Waals surface area contributed by atoms with Crippen molar-refractivity contribution in [3.05, 3.63) is 17.0 Å². The molecule has 0 radical (unpaired) electrons. The van der Waals surface area contributed by atoms with Crippen LogP contribution in [0.5, 0.6) is 0 Å². The smallest absolute Gasteiger partial charge is 0.345 e. The molecule has 1 aromatic rings. The van der Waals surface area contributed by atoms with E-state index in [1.54, 1.807) is 6.07 Å². The van der Waals surface area contributed by atoms with E-state index in [4.69, 9.17) is 5.11 Å². The molecular weight excluding hydrogens is 234 g/mol. The largest absolute Gasteiger partial charge is 0.477 e. The van der Waals surface area contributed by atoms with Gasteiger partial charge < -0.3 is 10.0 Å². The normalized spacial score (nSPS) is 11.2. The summed E-state index contributed by atoms with van der Waals surface area (Å²) in [7, 11) is 0. The van der Waals surface area contributed by atoms with Gasteiger partial charge in [0.15, 0.2) is 0 Å². The van der Waals surface area contributed by atoms with Gasteiger partial charge in [0, 0.05) is 13.1 Å². The number of thiophene rings is 1. The Labute approximate surface area is 107 Å². The summed E-state index contributed by atoms with van der Waals surface area (Å²) in [6, 6.07) is 3.61. The highest BCUT2D eigenvalue weighted by Gasteiger charge is 2.14. The average molecular weight is 255 g/mol. The Kier molecular flexibility index (Phi) is 5.00. The number of hydrogen-bond donors (Lipinski definition) is 1. The summed E-state index contributed by atoms with van der Waals surface area (Å²) in [5.74, 6) is 0.309. The fourth-order valence-electron chi connectivity index (χ4n) is 1.75. The van der Waals surface area contributed by atoms with Crippen LogP contribution in [0.15, 0.2) is 12.1 Å². The van der Waals surface area contributed by atoms with Gasteiger partial charge >= 0.3 is 5.97 Å². The summed E-state index contributed by atoms with van der Waals surface area (Å²) in [6.07, 6.45) is 0. The van der Waals surface area contributed by atoms with Crippen molar-refractivity contribution in [2.24, 2.45) is 11.8 Å². The van der Waals surface area contributed by atoms with Crippen LogP contribution in [0.2, 0.25) is 0 Å².